The van der Waals surface area contributed by atoms with E-state index in [-0.39, 0.29) is 11.2 Å². The molecule has 0 fully saturated rings. The first-order valence-corrected chi connectivity index (χ1v) is 9.65. The van der Waals surface area contributed by atoms with Gasteiger partial charge in [-0.05, 0) is 37.4 Å². The number of aromatic nitrogens is 3. The molecule has 1 atom stereocenters. The van der Waals surface area contributed by atoms with E-state index in [1.54, 1.807) is 16.2 Å². The van der Waals surface area contributed by atoms with Crippen molar-refractivity contribution in [2.45, 2.75) is 24.3 Å². The number of anilines is 1. The molecule has 6 nitrogen and oxygen atoms in total. The highest BCUT2D eigenvalue weighted by Crippen LogP contribution is 2.28. The molecular weight excluding hydrogens is 354 g/mol. The zero-order valence-corrected chi connectivity index (χ0v) is 15.6. The van der Waals surface area contributed by atoms with E-state index in [0.717, 1.165) is 10.6 Å². The highest BCUT2D eigenvalue weighted by Gasteiger charge is 2.24. The van der Waals surface area contributed by atoms with E-state index < -0.39 is 0 Å². The lowest BCUT2D eigenvalue weighted by molar-refractivity contribution is -0.117. The lowest BCUT2D eigenvalue weighted by Gasteiger charge is -2.24. The molecule has 2 aromatic heterocycles. The van der Waals surface area contributed by atoms with Crippen molar-refractivity contribution >= 4 is 34.7 Å². The van der Waals surface area contributed by atoms with Crippen LogP contribution >= 0.6 is 23.1 Å². The number of rotatable bonds is 6. The number of benzene rings is 1. The van der Waals surface area contributed by atoms with Crippen molar-refractivity contribution in [3.05, 3.63) is 47.8 Å². The van der Waals surface area contributed by atoms with Gasteiger partial charge in [0.2, 0.25) is 11.1 Å². The summed E-state index contributed by atoms with van der Waals surface area (Å²) in [4.78, 5) is 15.5. The molecule has 3 aromatic rings. The fraction of sp³-hybridized carbons (Fsp3) is 0.235. The number of carbonyl (C=O) groups excluding carboxylic acids is 1. The number of thioether (sulfide) groups is 1. The summed E-state index contributed by atoms with van der Waals surface area (Å²) in [7, 11) is 0. The van der Waals surface area contributed by atoms with Gasteiger partial charge in [-0.25, -0.2) is 4.68 Å². The summed E-state index contributed by atoms with van der Waals surface area (Å²) in [5, 5.41) is 10.4. The van der Waals surface area contributed by atoms with Gasteiger partial charge in [-0.3, -0.25) is 4.79 Å². The Morgan fingerprint density at radius 3 is 2.68 bits per heavy atom. The third kappa shape index (κ3) is 3.69. The number of thiophene rings is 1. The van der Waals surface area contributed by atoms with Gasteiger partial charge in [0.05, 0.1) is 10.1 Å². The van der Waals surface area contributed by atoms with Crippen molar-refractivity contribution in [2.24, 2.45) is 0 Å². The molecule has 25 heavy (non-hydrogen) atoms. The molecule has 0 saturated heterocycles. The third-order valence-electron chi connectivity index (χ3n) is 3.69. The molecule has 0 aliphatic carbocycles. The molecule has 0 aliphatic rings. The van der Waals surface area contributed by atoms with Crippen LogP contribution in [0.5, 0.6) is 0 Å². The van der Waals surface area contributed by atoms with Crippen LogP contribution in [-0.2, 0) is 4.79 Å². The monoisotopic (exact) mass is 373 g/mol. The molecule has 0 radical (unpaired) electrons. The molecule has 0 saturated carbocycles. The molecule has 8 heteroatoms. The van der Waals surface area contributed by atoms with Crippen molar-refractivity contribution in [2.75, 3.05) is 17.3 Å². The van der Waals surface area contributed by atoms with E-state index in [4.69, 9.17) is 5.84 Å². The lowest BCUT2D eigenvalue weighted by atomic mass is 10.2. The molecule has 1 unspecified atom stereocenters. The summed E-state index contributed by atoms with van der Waals surface area (Å²) >= 11 is 2.86. The minimum atomic E-state index is -0.331. The van der Waals surface area contributed by atoms with Gasteiger partial charge < -0.3 is 10.7 Å². The number of hydrogen-bond acceptors (Lipinski definition) is 6. The predicted octanol–water partition coefficient (Wildman–Crippen LogP) is 3.25. The Labute approximate surface area is 154 Å². The van der Waals surface area contributed by atoms with Gasteiger partial charge in [0.25, 0.3) is 0 Å². The van der Waals surface area contributed by atoms with Gasteiger partial charge in [-0.1, -0.05) is 36.0 Å². The van der Waals surface area contributed by atoms with Gasteiger partial charge in [0.1, 0.15) is 0 Å². The van der Waals surface area contributed by atoms with E-state index in [9.17, 15) is 4.79 Å². The predicted molar refractivity (Wildman–Crippen MR) is 103 cm³/mol. The minimum absolute atomic E-state index is 0.0133. The molecule has 2 N–H and O–H groups in total. The van der Waals surface area contributed by atoms with Crippen molar-refractivity contribution in [3.63, 3.8) is 0 Å². The molecule has 3 rings (SSSR count). The number of nitrogens with two attached hydrogens (primary N) is 1. The van der Waals surface area contributed by atoms with E-state index >= 15 is 0 Å². The standard InChI is InChI=1S/C17H19N5OS2/c1-3-21(13-8-5-4-6-9-13)16(23)12(2)25-17-20-19-15(22(17)18)14-10-7-11-24-14/h4-12H,3,18H2,1-2H3. The topological polar surface area (TPSA) is 77.0 Å². The van der Waals surface area contributed by atoms with Crippen LogP contribution in [0, 0.1) is 0 Å². The highest BCUT2D eigenvalue weighted by molar-refractivity contribution is 8.00. The molecule has 0 bridgehead atoms. The summed E-state index contributed by atoms with van der Waals surface area (Å²) < 4.78 is 1.44. The third-order valence-corrected chi connectivity index (χ3v) is 5.60. The second kappa shape index (κ2) is 7.71. The van der Waals surface area contributed by atoms with Gasteiger partial charge in [-0.15, -0.1) is 21.5 Å². The molecular formula is C17H19N5OS2. The maximum Gasteiger partial charge on any atom is 0.240 e. The summed E-state index contributed by atoms with van der Waals surface area (Å²) in [6.45, 7) is 4.42. The van der Waals surface area contributed by atoms with Gasteiger partial charge in [0.15, 0.2) is 5.82 Å². The first-order chi connectivity index (χ1) is 12.1. The van der Waals surface area contributed by atoms with Crippen molar-refractivity contribution in [1.29, 1.82) is 0 Å². The van der Waals surface area contributed by atoms with Crippen LogP contribution in [0.15, 0.2) is 53.0 Å². The summed E-state index contributed by atoms with van der Waals surface area (Å²) in [6.07, 6.45) is 0. The number of carbonyl (C=O) groups is 1. The van der Waals surface area contributed by atoms with Crippen molar-refractivity contribution < 1.29 is 4.79 Å². The van der Waals surface area contributed by atoms with Crippen LogP contribution in [0.4, 0.5) is 5.69 Å². The normalized spacial score (nSPS) is 12.1. The Hall–Kier alpha value is -2.32. The number of para-hydroxylation sites is 1. The second-order valence-corrected chi connectivity index (χ2v) is 7.59. The molecule has 1 aromatic carbocycles. The average Bonchev–Trinajstić information content (AvgIpc) is 3.27. The van der Waals surface area contributed by atoms with E-state index in [2.05, 4.69) is 10.2 Å². The van der Waals surface area contributed by atoms with Crippen LogP contribution in [-0.4, -0.2) is 32.6 Å². The smallest absolute Gasteiger partial charge is 0.240 e. The van der Waals surface area contributed by atoms with E-state index in [1.807, 2.05) is 61.7 Å². The van der Waals surface area contributed by atoms with E-state index in [0.29, 0.717) is 17.5 Å². The Morgan fingerprint density at radius 2 is 2.04 bits per heavy atom. The van der Waals surface area contributed by atoms with Crippen molar-refractivity contribution in [3.8, 4) is 10.7 Å². The molecule has 130 valence electrons. The number of amides is 1. The van der Waals surface area contributed by atoms with Crippen molar-refractivity contribution in [1.82, 2.24) is 14.9 Å². The largest absolute Gasteiger partial charge is 0.335 e. The zero-order valence-electron chi connectivity index (χ0n) is 14.0. The van der Waals surface area contributed by atoms with Gasteiger partial charge in [-0.2, -0.15) is 0 Å². The number of hydrogen-bond donors (Lipinski definition) is 1. The Bertz CT molecular complexity index is 832. The van der Waals surface area contributed by atoms with Crippen LogP contribution in [0.3, 0.4) is 0 Å². The Morgan fingerprint density at radius 1 is 1.28 bits per heavy atom. The Kier molecular flexibility index (Phi) is 5.40. The molecule has 2 heterocycles. The molecule has 0 aliphatic heterocycles. The summed E-state index contributed by atoms with van der Waals surface area (Å²) in [5.41, 5.74) is 0.885. The minimum Gasteiger partial charge on any atom is -0.335 e. The van der Waals surface area contributed by atoms with Gasteiger partial charge >= 0.3 is 0 Å². The first kappa shape index (κ1) is 17.5. The second-order valence-electron chi connectivity index (χ2n) is 5.33. The molecule has 1 amide bonds. The summed E-state index contributed by atoms with van der Waals surface area (Å²) in [6, 6.07) is 13.5. The van der Waals surface area contributed by atoms with Crippen LogP contribution in [0.2, 0.25) is 0 Å². The van der Waals surface area contributed by atoms with Crippen LogP contribution in [0.1, 0.15) is 13.8 Å². The highest BCUT2D eigenvalue weighted by atomic mass is 32.2. The Balaban J connectivity index is 1.76. The quantitative estimate of drug-likeness (QED) is 0.530. The number of nitrogens with zero attached hydrogens (tertiary/aromatic N) is 4. The average molecular weight is 374 g/mol. The maximum atomic E-state index is 12.8. The number of nitrogen functional groups attached to an aromatic ring is 1. The fourth-order valence-corrected chi connectivity index (χ4v) is 3.97. The van der Waals surface area contributed by atoms with Gasteiger partial charge in [0, 0.05) is 12.2 Å². The maximum absolute atomic E-state index is 12.8. The SMILES string of the molecule is CCN(C(=O)C(C)Sc1nnc(-c2cccs2)n1N)c1ccccc1. The zero-order chi connectivity index (χ0) is 17.8. The summed E-state index contributed by atoms with van der Waals surface area (Å²) in [5.74, 6) is 6.73. The van der Waals surface area contributed by atoms with Crippen LogP contribution in [0.25, 0.3) is 10.7 Å². The lowest BCUT2D eigenvalue weighted by Crippen LogP contribution is -2.36. The van der Waals surface area contributed by atoms with E-state index in [1.165, 1.54) is 16.4 Å². The van der Waals surface area contributed by atoms with Crippen LogP contribution < -0.4 is 10.7 Å². The fourth-order valence-electron chi connectivity index (χ4n) is 2.43. The molecule has 0 spiro atoms. The first-order valence-electron chi connectivity index (χ1n) is 7.89.